The average Bonchev–Trinajstić information content (AvgIpc) is 3.35. The molecule has 1 aromatic carbocycles. The van der Waals surface area contributed by atoms with Crippen LogP contribution < -0.4 is 10.5 Å². The van der Waals surface area contributed by atoms with Gasteiger partial charge in [0.05, 0.1) is 17.2 Å². The van der Waals surface area contributed by atoms with Crippen molar-refractivity contribution >= 4 is 16.6 Å². The molecule has 0 spiro atoms. The van der Waals surface area contributed by atoms with E-state index in [0.717, 1.165) is 43.6 Å². The van der Waals surface area contributed by atoms with Crippen molar-refractivity contribution in [1.29, 1.82) is 0 Å². The van der Waals surface area contributed by atoms with Crippen LogP contribution in [0.5, 0.6) is 0 Å². The van der Waals surface area contributed by atoms with Crippen LogP contribution in [0, 0.1) is 5.92 Å². The van der Waals surface area contributed by atoms with Crippen molar-refractivity contribution < 1.29 is 0 Å². The number of likely N-dealkylation sites (N-methyl/N-ethyl adjacent to an activating group) is 1. The number of benzene rings is 1. The second kappa shape index (κ2) is 5.39. The highest BCUT2D eigenvalue weighted by atomic mass is 16.1. The summed E-state index contributed by atoms with van der Waals surface area (Å²) in [5, 5.41) is 0.737. The molecule has 0 bridgehead atoms. The highest BCUT2D eigenvalue weighted by Crippen LogP contribution is 2.30. The lowest BCUT2D eigenvalue weighted by Crippen LogP contribution is -2.44. The molecule has 116 valence electrons. The summed E-state index contributed by atoms with van der Waals surface area (Å²) in [5.74, 6) is 0.682. The molecule has 0 N–H and O–H groups in total. The lowest BCUT2D eigenvalue weighted by atomic mass is 10.2. The summed E-state index contributed by atoms with van der Waals surface area (Å²) in [4.78, 5) is 21.8. The molecule has 22 heavy (non-hydrogen) atoms. The lowest BCUT2D eigenvalue weighted by Gasteiger charge is -2.34. The van der Waals surface area contributed by atoms with Crippen LogP contribution in [0.3, 0.4) is 0 Å². The van der Waals surface area contributed by atoms with E-state index in [-0.39, 0.29) is 5.56 Å². The minimum absolute atomic E-state index is 0.0989. The zero-order chi connectivity index (χ0) is 15.1. The van der Waals surface area contributed by atoms with E-state index in [0.29, 0.717) is 5.92 Å². The highest BCUT2D eigenvalue weighted by molar-refractivity contribution is 5.81. The molecule has 2 fully saturated rings. The molecule has 0 atom stereocenters. The Labute approximate surface area is 130 Å². The largest absolute Gasteiger partial charge is 0.369 e. The molecule has 5 nitrogen and oxygen atoms in total. The van der Waals surface area contributed by atoms with E-state index in [2.05, 4.69) is 34.0 Å². The minimum Gasteiger partial charge on any atom is -0.369 e. The normalized spacial score (nSPS) is 19.8. The zero-order valence-electron chi connectivity index (χ0n) is 13.0. The Morgan fingerprint density at radius 1 is 1.18 bits per heavy atom. The van der Waals surface area contributed by atoms with E-state index in [1.165, 1.54) is 18.5 Å². The third-order valence-electron chi connectivity index (χ3n) is 4.83. The van der Waals surface area contributed by atoms with Crippen LogP contribution in [0.1, 0.15) is 12.8 Å². The SMILES string of the molecule is CN1CCN(c2ccc3c(=O)n(CC4CC4)cnc3c2)CC1. The smallest absolute Gasteiger partial charge is 0.261 e. The fourth-order valence-electron chi connectivity index (χ4n) is 3.12. The van der Waals surface area contributed by atoms with E-state index in [9.17, 15) is 4.79 Å². The van der Waals surface area contributed by atoms with E-state index >= 15 is 0 Å². The molecule has 0 unspecified atom stereocenters. The van der Waals surface area contributed by atoms with Crippen LogP contribution in [0.2, 0.25) is 0 Å². The maximum Gasteiger partial charge on any atom is 0.261 e. The summed E-state index contributed by atoms with van der Waals surface area (Å²) in [6.07, 6.45) is 4.20. The van der Waals surface area contributed by atoms with Gasteiger partial charge in [-0.2, -0.15) is 0 Å². The van der Waals surface area contributed by atoms with Gasteiger partial charge in [-0.25, -0.2) is 4.98 Å². The molecule has 4 rings (SSSR count). The first-order valence-corrected chi connectivity index (χ1v) is 8.13. The quantitative estimate of drug-likeness (QED) is 0.862. The first-order valence-electron chi connectivity index (χ1n) is 8.13. The molecule has 0 amide bonds. The molecule has 1 aromatic heterocycles. The van der Waals surface area contributed by atoms with Gasteiger partial charge in [-0.3, -0.25) is 9.36 Å². The van der Waals surface area contributed by atoms with Gasteiger partial charge in [-0.05, 0) is 44.0 Å². The molecule has 0 radical (unpaired) electrons. The minimum atomic E-state index is 0.0989. The number of fused-ring (bicyclic) bond motifs is 1. The van der Waals surface area contributed by atoms with E-state index in [1.807, 2.05) is 6.07 Å². The van der Waals surface area contributed by atoms with Crippen molar-refractivity contribution in [3.05, 3.63) is 34.9 Å². The first-order chi connectivity index (χ1) is 10.7. The van der Waals surface area contributed by atoms with E-state index in [1.54, 1.807) is 10.9 Å². The van der Waals surface area contributed by atoms with Crippen LogP contribution in [0.15, 0.2) is 29.3 Å². The molecule has 1 saturated carbocycles. The van der Waals surface area contributed by atoms with Crippen molar-refractivity contribution in [3.63, 3.8) is 0 Å². The number of nitrogens with zero attached hydrogens (tertiary/aromatic N) is 4. The van der Waals surface area contributed by atoms with Gasteiger partial charge in [-0.15, -0.1) is 0 Å². The Morgan fingerprint density at radius 3 is 2.68 bits per heavy atom. The van der Waals surface area contributed by atoms with Gasteiger partial charge >= 0.3 is 0 Å². The van der Waals surface area contributed by atoms with Crippen LogP contribution in [0.4, 0.5) is 5.69 Å². The third-order valence-corrected chi connectivity index (χ3v) is 4.83. The summed E-state index contributed by atoms with van der Waals surface area (Å²) >= 11 is 0. The van der Waals surface area contributed by atoms with Gasteiger partial charge in [0.15, 0.2) is 0 Å². The molecular formula is C17H22N4O. The molecule has 1 aliphatic carbocycles. The molecule has 5 heteroatoms. The molecule has 1 saturated heterocycles. The summed E-state index contributed by atoms with van der Waals surface area (Å²) in [7, 11) is 2.15. The van der Waals surface area contributed by atoms with Crippen molar-refractivity contribution in [2.45, 2.75) is 19.4 Å². The van der Waals surface area contributed by atoms with E-state index < -0.39 is 0 Å². The molecule has 2 aromatic rings. The monoisotopic (exact) mass is 298 g/mol. The Morgan fingerprint density at radius 2 is 1.95 bits per heavy atom. The summed E-state index contributed by atoms with van der Waals surface area (Å²) in [6, 6.07) is 6.07. The second-order valence-electron chi connectivity index (χ2n) is 6.64. The maximum absolute atomic E-state index is 12.5. The Hall–Kier alpha value is -1.88. The number of rotatable bonds is 3. The fraction of sp³-hybridized carbons (Fsp3) is 0.529. The zero-order valence-corrected chi connectivity index (χ0v) is 13.0. The standard InChI is InChI=1S/C17H22N4O/c1-19-6-8-20(9-7-19)14-4-5-15-16(10-14)18-12-21(17(15)22)11-13-2-3-13/h4-5,10,12-13H,2-3,6-9,11H2,1H3. The number of anilines is 1. The number of hydrogen-bond donors (Lipinski definition) is 0. The van der Waals surface area contributed by atoms with Crippen LogP contribution in [0.25, 0.3) is 10.9 Å². The van der Waals surface area contributed by atoms with Gasteiger partial charge < -0.3 is 9.80 Å². The van der Waals surface area contributed by atoms with Gasteiger partial charge in [0.1, 0.15) is 0 Å². The van der Waals surface area contributed by atoms with Crippen molar-refractivity contribution in [2.75, 3.05) is 38.1 Å². The topological polar surface area (TPSA) is 41.4 Å². The van der Waals surface area contributed by atoms with Gasteiger partial charge in [0.2, 0.25) is 0 Å². The predicted molar refractivity (Wildman–Crippen MR) is 88.4 cm³/mol. The van der Waals surface area contributed by atoms with Crippen LogP contribution in [-0.4, -0.2) is 47.7 Å². The first kappa shape index (κ1) is 13.8. The summed E-state index contributed by atoms with van der Waals surface area (Å²) < 4.78 is 1.77. The molecule has 2 aliphatic rings. The Bertz CT molecular complexity index is 742. The molecule has 2 heterocycles. The van der Waals surface area contributed by atoms with Gasteiger partial charge in [-0.1, -0.05) is 0 Å². The summed E-state index contributed by atoms with van der Waals surface area (Å²) in [6.45, 7) is 5.03. The molecular weight excluding hydrogens is 276 g/mol. The lowest BCUT2D eigenvalue weighted by molar-refractivity contribution is 0.313. The van der Waals surface area contributed by atoms with Crippen LogP contribution >= 0.6 is 0 Å². The third kappa shape index (κ3) is 2.61. The predicted octanol–water partition coefficient (Wildman–Crippen LogP) is 1.56. The van der Waals surface area contributed by atoms with Crippen molar-refractivity contribution in [2.24, 2.45) is 5.92 Å². The second-order valence-corrected chi connectivity index (χ2v) is 6.64. The Balaban J connectivity index is 1.65. The van der Waals surface area contributed by atoms with Crippen molar-refractivity contribution in [3.8, 4) is 0 Å². The molecule has 1 aliphatic heterocycles. The number of piperazine rings is 1. The maximum atomic E-state index is 12.5. The van der Waals surface area contributed by atoms with Crippen LogP contribution in [-0.2, 0) is 6.54 Å². The number of aromatic nitrogens is 2. The summed E-state index contributed by atoms with van der Waals surface area (Å²) in [5.41, 5.74) is 2.09. The van der Waals surface area contributed by atoms with Gasteiger partial charge in [0, 0.05) is 38.4 Å². The number of hydrogen-bond acceptors (Lipinski definition) is 4. The van der Waals surface area contributed by atoms with Crippen molar-refractivity contribution in [1.82, 2.24) is 14.5 Å². The average molecular weight is 298 g/mol. The van der Waals surface area contributed by atoms with E-state index in [4.69, 9.17) is 0 Å². The highest BCUT2D eigenvalue weighted by Gasteiger charge is 2.22. The van der Waals surface area contributed by atoms with Gasteiger partial charge in [0.25, 0.3) is 5.56 Å². The fourth-order valence-corrected chi connectivity index (χ4v) is 3.12. The Kier molecular flexibility index (Phi) is 3.37.